The van der Waals surface area contributed by atoms with E-state index in [0.29, 0.717) is 29.1 Å². The molecule has 3 aromatic carbocycles. The number of carbonyl (C=O) groups is 1. The average Bonchev–Trinajstić information content (AvgIpc) is 3.23. The van der Waals surface area contributed by atoms with E-state index in [9.17, 15) is 18.0 Å². The molecule has 0 fully saturated rings. The van der Waals surface area contributed by atoms with Crippen LogP contribution in [0.25, 0.3) is 16.9 Å². The molecule has 0 atom stereocenters. The van der Waals surface area contributed by atoms with Gasteiger partial charge in [0.25, 0.3) is 5.91 Å². The number of para-hydroxylation sites is 2. The molecule has 8 heteroatoms. The maximum absolute atomic E-state index is 14.1. The van der Waals surface area contributed by atoms with E-state index in [0.717, 1.165) is 0 Å². The number of carbonyl (C=O) groups excluding carboxylic acids is 1. The fraction of sp³-hybridized carbons (Fsp3) is 0.0435. The van der Waals surface area contributed by atoms with Gasteiger partial charge in [-0.25, -0.2) is 17.9 Å². The van der Waals surface area contributed by atoms with E-state index < -0.39 is 29.0 Å². The van der Waals surface area contributed by atoms with Gasteiger partial charge in [-0.1, -0.05) is 30.3 Å². The summed E-state index contributed by atoms with van der Waals surface area (Å²) in [6.45, 7) is 0. The second-order valence-corrected chi connectivity index (χ2v) is 6.57. The molecule has 4 rings (SSSR count). The van der Waals surface area contributed by atoms with Crippen molar-refractivity contribution in [1.82, 2.24) is 9.78 Å². The van der Waals surface area contributed by atoms with Crippen molar-refractivity contribution in [3.8, 4) is 22.7 Å². The summed E-state index contributed by atoms with van der Waals surface area (Å²) in [5, 5.41) is 6.82. The van der Waals surface area contributed by atoms with Crippen LogP contribution in [-0.2, 0) is 0 Å². The summed E-state index contributed by atoms with van der Waals surface area (Å²) in [6, 6.07) is 17.0. The first-order chi connectivity index (χ1) is 15.0. The third-order valence-corrected chi connectivity index (χ3v) is 4.60. The van der Waals surface area contributed by atoms with Crippen molar-refractivity contribution < 1.29 is 22.7 Å². The Morgan fingerprint density at radius 3 is 2.35 bits per heavy atom. The Kier molecular flexibility index (Phi) is 5.44. The number of hydrogen-bond acceptors (Lipinski definition) is 3. The van der Waals surface area contributed by atoms with Crippen LogP contribution in [0.3, 0.4) is 0 Å². The molecule has 0 aliphatic carbocycles. The highest BCUT2D eigenvalue weighted by molar-refractivity contribution is 6.08. The first-order valence-corrected chi connectivity index (χ1v) is 9.22. The lowest BCUT2D eigenvalue weighted by atomic mass is 10.1. The maximum atomic E-state index is 14.1. The molecule has 0 aliphatic rings. The maximum Gasteiger partial charge on any atom is 0.259 e. The van der Waals surface area contributed by atoms with Gasteiger partial charge in [-0.3, -0.25) is 4.79 Å². The summed E-state index contributed by atoms with van der Waals surface area (Å²) in [5.41, 5.74) is 1.12. The number of halogens is 3. The van der Waals surface area contributed by atoms with Gasteiger partial charge in [-0.05, 0) is 24.3 Å². The first kappa shape index (κ1) is 20.2. The fourth-order valence-electron chi connectivity index (χ4n) is 3.10. The lowest BCUT2D eigenvalue weighted by Crippen LogP contribution is -2.14. The van der Waals surface area contributed by atoms with Crippen molar-refractivity contribution in [3.05, 3.63) is 95.9 Å². The van der Waals surface area contributed by atoms with Gasteiger partial charge in [0.1, 0.15) is 17.3 Å². The van der Waals surface area contributed by atoms with E-state index in [-0.39, 0.29) is 11.3 Å². The van der Waals surface area contributed by atoms with Crippen LogP contribution in [0.1, 0.15) is 10.4 Å². The number of nitrogens with one attached hydrogen (secondary N) is 1. The van der Waals surface area contributed by atoms with Crippen LogP contribution in [0.15, 0.2) is 72.9 Å². The van der Waals surface area contributed by atoms with Gasteiger partial charge >= 0.3 is 0 Å². The van der Waals surface area contributed by atoms with Crippen molar-refractivity contribution in [2.75, 3.05) is 12.4 Å². The van der Waals surface area contributed by atoms with E-state index in [4.69, 9.17) is 4.74 Å². The SMILES string of the molecule is COc1ccccc1-c1nn(-c2ccccc2)cc1C(=O)Nc1cc(F)c(F)cc1F. The monoisotopic (exact) mass is 423 g/mol. The van der Waals surface area contributed by atoms with E-state index in [1.807, 2.05) is 18.2 Å². The highest BCUT2D eigenvalue weighted by atomic mass is 19.2. The predicted octanol–water partition coefficient (Wildman–Crippen LogP) is 5.22. The van der Waals surface area contributed by atoms with Crippen LogP contribution in [0.5, 0.6) is 5.75 Å². The third-order valence-electron chi connectivity index (χ3n) is 4.60. The van der Waals surface area contributed by atoms with Crippen LogP contribution in [0.4, 0.5) is 18.9 Å². The molecular formula is C23H16F3N3O2. The standard InChI is InChI=1S/C23H16F3N3O2/c1-31-21-10-6-5-9-15(21)22-16(13-29(28-22)14-7-3-2-4-8-14)23(30)27-20-12-18(25)17(24)11-19(20)26/h2-13H,1H3,(H,27,30). The molecule has 1 N–H and O–H groups in total. The summed E-state index contributed by atoms with van der Waals surface area (Å²) >= 11 is 0. The number of nitrogens with zero attached hydrogens (tertiary/aromatic N) is 2. The normalized spacial score (nSPS) is 10.7. The molecule has 0 aliphatic heterocycles. The van der Waals surface area contributed by atoms with Crippen LogP contribution in [0, 0.1) is 17.5 Å². The van der Waals surface area contributed by atoms with Gasteiger partial charge in [-0.2, -0.15) is 5.10 Å². The van der Waals surface area contributed by atoms with Crippen molar-refractivity contribution >= 4 is 11.6 Å². The summed E-state index contributed by atoms with van der Waals surface area (Å²) < 4.78 is 47.7. The van der Waals surface area contributed by atoms with Gasteiger partial charge in [-0.15, -0.1) is 0 Å². The Labute approximate surface area is 175 Å². The summed E-state index contributed by atoms with van der Waals surface area (Å²) in [7, 11) is 1.49. The summed E-state index contributed by atoms with van der Waals surface area (Å²) in [4.78, 5) is 13.0. The quantitative estimate of drug-likeness (QED) is 0.448. The molecular weight excluding hydrogens is 407 g/mol. The number of rotatable bonds is 5. The van der Waals surface area contributed by atoms with Crippen LogP contribution < -0.4 is 10.1 Å². The second kappa shape index (κ2) is 8.35. The highest BCUT2D eigenvalue weighted by Crippen LogP contribution is 2.32. The predicted molar refractivity (Wildman–Crippen MR) is 110 cm³/mol. The highest BCUT2D eigenvalue weighted by Gasteiger charge is 2.22. The lowest BCUT2D eigenvalue weighted by Gasteiger charge is -2.09. The number of aromatic nitrogens is 2. The smallest absolute Gasteiger partial charge is 0.259 e. The third kappa shape index (κ3) is 4.00. The number of benzene rings is 3. The Morgan fingerprint density at radius 2 is 1.61 bits per heavy atom. The molecule has 0 saturated heterocycles. The minimum atomic E-state index is -1.35. The fourth-order valence-corrected chi connectivity index (χ4v) is 3.10. The number of ether oxygens (including phenoxy) is 1. The van der Waals surface area contributed by atoms with E-state index in [1.165, 1.54) is 18.0 Å². The van der Waals surface area contributed by atoms with Crippen molar-refractivity contribution in [2.45, 2.75) is 0 Å². The molecule has 4 aromatic rings. The number of amides is 1. The molecule has 0 radical (unpaired) electrons. The van der Waals surface area contributed by atoms with Crippen molar-refractivity contribution in [1.29, 1.82) is 0 Å². The van der Waals surface area contributed by atoms with E-state index in [1.54, 1.807) is 36.4 Å². The zero-order valence-corrected chi connectivity index (χ0v) is 16.3. The molecule has 1 amide bonds. The van der Waals surface area contributed by atoms with Gasteiger partial charge in [0.15, 0.2) is 11.6 Å². The second-order valence-electron chi connectivity index (χ2n) is 6.57. The molecule has 1 aromatic heterocycles. The topological polar surface area (TPSA) is 56.2 Å². The Bertz CT molecular complexity index is 1260. The zero-order chi connectivity index (χ0) is 22.0. The minimum Gasteiger partial charge on any atom is -0.496 e. The number of methoxy groups -OCH3 is 1. The summed E-state index contributed by atoms with van der Waals surface area (Å²) in [5.74, 6) is -3.98. The zero-order valence-electron chi connectivity index (χ0n) is 16.3. The molecule has 0 bridgehead atoms. The molecule has 0 saturated carbocycles. The van der Waals surface area contributed by atoms with Gasteiger partial charge < -0.3 is 10.1 Å². The van der Waals surface area contributed by atoms with Crippen LogP contribution in [0.2, 0.25) is 0 Å². The Balaban J connectivity index is 1.81. The molecule has 1 heterocycles. The Morgan fingerprint density at radius 1 is 0.935 bits per heavy atom. The number of hydrogen-bond donors (Lipinski definition) is 1. The lowest BCUT2D eigenvalue weighted by molar-refractivity contribution is 0.102. The molecule has 0 unspecified atom stereocenters. The molecule has 5 nitrogen and oxygen atoms in total. The first-order valence-electron chi connectivity index (χ1n) is 9.22. The van der Waals surface area contributed by atoms with Crippen molar-refractivity contribution in [2.24, 2.45) is 0 Å². The van der Waals surface area contributed by atoms with Crippen molar-refractivity contribution in [3.63, 3.8) is 0 Å². The Hall–Kier alpha value is -4.07. The van der Waals surface area contributed by atoms with E-state index >= 15 is 0 Å². The minimum absolute atomic E-state index is 0.0949. The largest absolute Gasteiger partial charge is 0.496 e. The summed E-state index contributed by atoms with van der Waals surface area (Å²) in [6.07, 6.45) is 1.48. The molecule has 31 heavy (non-hydrogen) atoms. The van der Waals surface area contributed by atoms with Crippen LogP contribution in [-0.4, -0.2) is 22.8 Å². The van der Waals surface area contributed by atoms with Gasteiger partial charge in [0, 0.05) is 23.9 Å². The van der Waals surface area contributed by atoms with Gasteiger partial charge in [0.05, 0.1) is 24.0 Å². The van der Waals surface area contributed by atoms with Gasteiger partial charge in [0.2, 0.25) is 0 Å². The molecule has 0 spiro atoms. The van der Waals surface area contributed by atoms with E-state index in [2.05, 4.69) is 10.4 Å². The number of anilines is 1. The average molecular weight is 423 g/mol. The molecule has 156 valence electrons. The van der Waals surface area contributed by atoms with Crippen LogP contribution >= 0.6 is 0 Å².